The first-order chi connectivity index (χ1) is 2.64. The Balaban J connectivity index is -0.000000125. The van der Waals surface area contributed by atoms with Gasteiger partial charge in [0.25, 0.3) is 0 Å². The molecule has 8 heavy (non-hydrogen) atoms. The summed E-state index contributed by atoms with van der Waals surface area (Å²) >= 11 is 0. The van der Waals surface area contributed by atoms with Gasteiger partial charge in [0.05, 0.1) is 8.41 Å². The van der Waals surface area contributed by atoms with Gasteiger partial charge in [-0.3, -0.25) is 0 Å². The Labute approximate surface area is 66.6 Å². The van der Waals surface area contributed by atoms with Crippen molar-refractivity contribution >= 4 is 20.4 Å². The molecule has 0 aliphatic carbocycles. The Hall–Kier alpha value is -0.112. The van der Waals surface area contributed by atoms with Gasteiger partial charge >= 0.3 is 11.9 Å². The quantitative estimate of drug-likeness (QED) is 0.345. The first-order valence-electron chi connectivity index (χ1n) is 1.11. The Morgan fingerprint density at radius 3 is 1.12 bits per heavy atom. The molecule has 0 atom stereocenters. The van der Waals surface area contributed by atoms with Crippen LogP contribution in [0.1, 0.15) is 0 Å². The Morgan fingerprint density at radius 1 is 1.00 bits per heavy atom. The third kappa shape index (κ3) is 9.31. The van der Waals surface area contributed by atoms with E-state index in [1.807, 2.05) is 0 Å². The van der Waals surface area contributed by atoms with Crippen LogP contribution in [-0.4, -0.2) is 30.6 Å². The standard InChI is InChI=1S/C2H2O4.BH3.Zr/c3-1(4)2(5)6;;/h(H,3,4)(H,5,6);1H3;. The van der Waals surface area contributed by atoms with Crippen molar-refractivity contribution in [2.75, 3.05) is 0 Å². The molecule has 0 aliphatic heterocycles. The summed E-state index contributed by atoms with van der Waals surface area (Å²) in [6, 6.07) is 0. The molecule has 0 fully saturated rings. The zero-order valence-corrected chi connectivity index (χ0v) is 5.67. The Kier molecular flexibility index (Phi) is 13.5. The van der Waals surface area contributed by atoms with Crippen LogP contribution in [0.15, 0.2) is 0 Å². The van der Waals surface area contributed by atoms with Gasteiger partial charge in [0.1, 0.15) is 0 Å². The molecule has 0 aromatic heterocycles. The minimum Gasteiger partial charge on any atom is -0.473 e. The second-order valence-corrected chi connectivity index (χ2v) is 0.610. The van der Waals surface area contributed by atoms with Gasteiger partial charge in [-0.05, 0) is 0 Å². The van der Waals surface area contributed by atoms with Crippen LogP contribution in [0.25, 0.3) is 0 Å². The molecule has 6 heteroatoms. The van der Waals surface area contributed by atoms with Gasteiger partial charge in [0.15, 0.2) is 0 Å². The molecule has 0 rings (SSSR count). The summed E-state index contributed by atoms with van der Waals surface area (Å²) in [6.07, 6.45) is 0. The third-order valence-corrected chi connectivity index (χ3v) is 0.183. The fraction of sp³-hybridized carbons (Fsp3) is 0. The third-order valence-electron chi connectivity index (χ3n) is 0.183. The summed E-state index contributed by atoms with van der Waals surface area (Å²) in [5, 5.41) is 14.8. The number of carboxylic acid groups (broad SMARTS) is 2. The van der Waals surface area contributed by atoms with E-state index in [0.29, 0.717) is 0 Å². The van der Waals surface area contributed by atoms with Crippen molar-refractivity contribution in [2.24, 2.45) is 0 Å². The predicted octanol–water partition coefficient (Wildman–Crippen LogP) is -2.03. The van der Waals surface area contributed by atoms with E-state index in [1.54, 1.807) is 0 Å². The molecule has 0 aliphatic rings. The molecule has 0 amide bonds. The number of hydrogen-bond donors (Lipinski definition) is 2. The monoisotopic (exact) mass is 194 g/mol. The van der Waals surface area contributed by atoms with Crippen LogP contribution in [0, 0.1) is 0 Å². The van der Waals surface area contributed by atoms with E-state index in [1.165, 1.54) is 0 Å². The summed E-state index contributed by atoms with van der Waals surface area (Å²) in [4.78, 5) is 18.2. The van der Waals surface area contributed by atoms with Crippen molar-refractivity contribution < 1.29 is 46.0 Å². The average Bonchev–Trinajstić information content (AvgIpc) is 1.36. The molecular formula is C2H5BO4Zr. The van der Waals surface area contributed by atoms with Crippen molar-refractivity contribution in [1.82, 2.24) is 0 Å². The fourth-order valence-corrected chi connectivity index (χ4v) is 0. The molecular weight excluding hydrogens is 190 g/mol. The normalized spacial score (nSPS) is 5.50. The predicted molar refractivity (Wildman–Crippen MR) is 25.2 cm³/mol. The maximum atomic E-state index is 9.10. The zero-order valence-electron chi connectivity index (χ0n) is 3.21. The number of carbonyl (C=O) groups is 2. The van der Waals surface area contributed by atoms with Crippen molar-refractivity contribution in [3.63, 3.8) is 0 Å². The molecule has 0 bridgehead atoms. The molecule has 0 saturated carbocycles. The summed E-state index contributed by atoms with van der Waals surface area (Å²) in [7, 11) is 0. The second-order valence-electron chi connectivity index (χ2n) is 0.610. The molecule has 4 nitrogen and oxygen atoms in total. The maximum absolute atomic E-state index is 9.10. The van der Waals surface area contributed by atoms with Crippen LogP contribution >= 0.6 is 0 Å². The van der Waals surface area contributed by atoms with Crippen LogP contribution in [0.5, 0.6) is 0 Å². The number of hydrogen-bond acceptors (Lipinski definition) is 2. The van der Waals surface area contributed by atoms with E-state index in [-0.39, 0.29) is 34.6 Å². The van der Waals surface area contributed by atoms with Crippen LogP contribution < -0.4 is 0 Å². The van der Waals surface area contributed by atoms with Crippen molar-refractivity contribution in [2.45, 2.75) is 0 Å². The Morgan fingerprint density at radius 2 is 1.12 bits per heavy atom. The van der Waals surface area contributed by atoms with Gasteiger partial charge in [0.2, 0.25) is 0 Å². The van der Waals surface area contributed by atoms with Crippen molar-refractivity contribution in [1.29, 1.82) is 0 Å². The molecule has 0 aromatic rings. The average molecular weight is 195 g/mol. The van der Waals surface area contributed by atoms with Gasteiger partial charge in [0, 0.05) is 26.2 Å². The van der Waals surface area contributed by atoms with Crippen LogP contribution in [0.2, 0.25) is 0 Å². The largest absolute Gasteiger partial charge is 0.473 e. The van der Waals surface area contributed by atoms with E-state index in [2.05, 4.69) is 0 Å². The molecule has 2 N–H and O–H groups in total. The van der Waals surface area contributed by atoms with Gasteiger partial charge in [-0.25, -0.2) is 9.59 Å². The maximum Gasteiger partial charge on any atom is 0.414 e. The Bertz CT molecular complexity index is 80.0. The van der Waals surface area contributed by atoms with Gasteiger partial charge in [-0.2, -0.15) is 0 Å². The number of rotatable bonds is 0. The van der Waals surface area contributed by atoms with E-state index < -0.39 is 11.9 Å². The molecule has 0 spiro atoms. The zero-order chi connectivity index (χ0) is 5.15. The summed E-state index contributed by atoms with van der Waals surface area (Å²) in [5.41, 5.74) is 0. The van der Waals surface area contributed by atoms with E-state index in [0.717, 1.165) is 0 Å². The molecule has 44 valence electrons. The fourth-order valence-electron chi connectivity index (χ4n) is 0. The first kappa shape index (κ1) is 15.7. The topological polar surface area (TPSA) is 74.6 Å². The van der Waals surface area contributed by atoms with Gasteiger partial charge < -0.3 is 10.2 Å². The molecule has 0 aromatic carbocycles. The molecule has 0 saturated heterocycles. The van der Waals surface area contributed by atoms with E-state index >= 15 is 0 Å². The van der Waals surface area contributed by atoms with Gasteiger partial charge in [-0.1, -0.05) is 0 Å². The van der Waals surface area contributed by atoms with Crippen LogP contribution in [-0.2, 0) is 35.8 Å². The van der Waals surface area contributed by atoms with E-state index in [9.17, 15) is 0 Å². The molecule has 0 unspecified atom stereocenters. The smallest absolute Gasteiger partial charge is 0.414 e. The minimum absolute atomic E-state index is 0. The second kappa shape index (κ2) is 6.89. The van der Waals surface area contributed by atoms with Crippen LogP contribution in [0.4, 0.5) is 0 Å². The van der Waals surface area contributed by atoms with Crippen molar-refractivity contribution in [3.05, 3.63) is 0 Å². The summed E-state index contributed by atoms with van der Waals surface area (Å²) in [6.45, 7) is 0. The first-order valence-corrected chi connectivity index (χ1v) is 1.11. The number of aliphatic carboxylic acids is 2. The van der Waals surface area contributed by atoms with E-state index in [4.69, 9.17) is 19.8 Å². The summed E-state index contributed by atoms with van der Waals surface area (Å²) in [5.74, 6) is -3.65. The van der Waals surface area contributed by atoms with Crippen molar-refractivity contribution in [3.8, 4) is 0 Å². The number of carboxylic acids is 2. The molecule has 0 radical (unpaired) electrons. The minimum atomic E-state index is -1.82. The SMILES string of the molecule is B.O=C(O)C(=O)O.[Zr]. The van der Waals surface area contributed by atoms with Gasteiger partial charge in [-0.15, -0.1) is 0 Å². The summed E-state index contributed by atoms with van der Waals surface area (Å²) < 4.78 is 0. The molecule has 0 heterocycles. The van der Waals surface area contributed by atoms with Crippen LogP contribution in [0.3, 0.4) is 0 Å².